The fourth-order valence-corrected chi connectivity index (χ4v) is 5.77. The number of anilines is 3. The zero-order chi connectivity index (χ0) is 25.8. The zero-order valence-corrected chi connectivity index (χ0v) is 22.8. The molecule has 2 aliphatic heterocycles. The van der Waals surface area contributed by atoms with Gasteiger partial charge in [0.1, 0.15) is 11.5 Å². The van der Waals surface area contributed by atoms with Crippen LogP contribution in [0.3, 0.4) is 0 Å². The fourth-order valence-electron chi connectivity index (χ4n) is 5.42. The second kappa shape index (κ2) is 9.18. The molecule has 0 N–H and O–H groups in total. The fraction of sp³-hybridized carbons (Fsp3) is 0.538. The largest absolute Gasteiger partial charge is 0.370 e. The molecule has 3 aliphatic rings. The molecule has 1 aliphatic carbocycles. The molecule has 8 nitrogen and oxygen atoms in total. The van der Waals surface area contributed by atoms with Crippen molar-refractivity contribution in [1.82, 2.24) is 25.0 Å². The number of alkyl halides is 2. The summed E-state index contributed by atoms with van der Waals surface area (Å²) in [5.74, 6) is -1.47. The first-order chi connectivity index (χ1) is 17.7. The summed E-state index contributed by atoms with van der Waals surface area (Å²) in [6, 6.07) is 6.25. The lowest BCUT2D eigenvalue weighted by atomic mass is 9.93. The van der Waals surface area contributed by atoms with Crippen LogP contribution in [0.25, 0.3) is 16.9 Å². The monoisotopic (exact) mass is 572 g/mol. The highest BCUT2D eigenvalue weighted by atomic mass is 79.9. The molecule has 0 amide bonds. The van der Waals surface area contributed by atoms with Crippen molar-refractivity contribution in [3.05, 3.63) is 35.1 Å². The lowest BCUT2D eigenvalue weighted by Crippen LogP contribution is -2.40. The van der Waals surface area contributed by atoms with Crippen LogP contribution in [0.5, 0.6) is 0 Å². The molecule has 3 aromatic rings. The molecule has 1 saturated carbocycles. The summed E-state index contributed by atoms with van der Waals surface area (Å²) in [7, 11) is 3.81. The maximum absolute atomic E-state index is 13.6. The van der Waals surface area contributed by atoms with Gasteiger partial charge in [-0.3, -0.25) is 0 Å². The van der Waals surface area contributed by atoms with Crippen molar-refractivity contribution in [2.75, 3.05) is 55.0 Å². The van der Waals surface area contributed by atoms with E-state index >= 15 is 0 Å². The minimum absolute atomic E-state index is 0.183. The van der Waals surface area contributed by atoms with Crippen LogP contribution in [0.15, 0.2) is 35.1 Å². The average molecular weight is 573 g/mol. The van der Waals surface area contributed by atoms with Crippen LogP contribution in [0.1, 0.15) is 38.5 Å². The third-order valence-corrected chi connectivity index (χ3v) is 8.53. The Morgan fingerprint density at radius 1 is 0.919 bits per heavy atom. The Morgan fingerprint density at radius 3 is 2.30 bits per heavy atom. The minimum atomic E-state index is -2.61. The molecule has 1 aromatic carbocycles. The minimum Gasteiger partial charge on any atom is -0.370 e. The maximum atomic E-state index is 13.6. The SMILES string of the molecule is CN(C)c1nc(N2CCC(F)(F)CC2)ncc1-c1cn(-c2ccc(Br)cc2N2CCC3(CC2)CC3)nn1. The second-order valence-electron chi connectivity index (χ2n) is 10.8. The maximum Gasteiger partial charge on any atom is 0.251 e. The van der Waals surface area contributed by atoms with Crippen LogP contribution in [-0.2, 0) is 0 Å². The van der Waals surface area contributed by atoms with Crippen molar-refractivity contribution in [2.24, 2.45) is 5.41 Å². The molecule has 11 heteroatoms. The molecule has 196 valence electrons. The van der Waals surface area contributed by atoms with E-state index in [4.69, 9.17) is 4.98 Å². The lowest BCUT2D eigenvalue weighted by molar-refractivity contribution is -0.0222. The molecule has 2 aromatic heterocycles. The Morgan fingerprint density at radius 2 is 1.62 bits per heavy atom. The van der Waals surface area contributed by atoms with Crippen LogP contribution in [0, 0.1) is 5.41 Å². The molecule has 0 unspecified atom stereocenters. The van der Waals surface area contributed by atoms with Crippen LogP contribution >= 0.6 is 15.9 Å². The highest BCUT2D eigenvalue weighted by Gasteiger charge is 2.44. The van der Waals surface area contributed by atoms with Gasteiger partial charge in [-0.1, -0.05) is 21.1 Å². The summed E-state index contributed by atoms with van der Waals surface area (Å²) in [6.45, 7) is 2.57. The van der Waals surface area contributed by atoms with E-state index in [-0.39, 0.29) is 25.9 Å². The van der Waals surface area contributed by atoms with Gasteiger partial charge in [0, 0.05) is 63.8 Å². The van der Waals surface area contributed by atoms with Gasteiger partial charge in [0.15, 0.2) is 0 Å². The molecule has 2 saturated heterocycles. The van der Waals surface area contributed by atoms with Gasteiger partial charge in [0.05, 0.1) is 23.1 Å². The number of hydrogen-bond acceptors (Lipinski definition) is 7. The molecule has 1 spiro atoms. The van der Waals surface area contributed by atoms with Gasteiger partial charge in [-0.2, -0.15) is 4.98 Å². The van der Waals surface area contributed by atoms with Crippen LogP contribution in [-0.4, -0.2) is 71.2 Å². The summed E-state index contributed by atoms with van der Waals surface area (Å²) in [6.07, 6.45) is 8.50. The van der Waals surface area contributed by atoms with Crippen molar-refractivity contribution in [2.45, 2.75) is 44.4 Å². The van der Waals surface area contributed by atoms with E-state index in [1.165, 1.54) is 25.7 Å². The van der Waals surface area contributed by atoms with Crippen LogP contribution < -0.4 is 14.7 Å². The van der Waals surface area contributed by atoms with Crippen molar-refractivity contribution in [3.8, 4) is 16.9 Å². The molecule has 3 fully saturated rings. The average Bonchev–Trinajstić information content (AvgIpc) is 3.45. The number of benzene rings is 1. The summed E-state index contributed by atoms with van der Waals surface area (Å²) >= 11 is 3.64. The Hall–Kier alpha value is -2.82. The number of halogens is 3. The summed E-state index contributed by atoms with van der Waals surface area (Å²) < 4.78 is 30.1. The van der Waals surface area contributed by atoms with E-state index in [9.17, 15) is 8.78 Å². The highest BCUT2D eigenvalue weighted by Crippen LogP contribution is 2.54. The third-order valence-electron chi connectivity index (χ3n) is 8.03. The molecule has 0 atom stereocenters. The Labute approximate surface area is 223 Å². The van der Waals surface area contributed by atoms with E-state index in [0.29, 0.717) is 22.9 Å². The molecule has 0 bridgehead atoms. The number of rotatable bonds is 5. The van der Waals surface area contributed by atoms with Gasteiger partial charge >= 0.3 is 0 Å². The Bertz CT molecular complexity index is 1290. The Kier molecular flexibility index (Phi) is 6.08. The summed E-state index contributed by atoms with van der Waals surface area (Å²) in [5, 5.41) is 8.95. The highest BCUT2D eigenvalue weighted by molar-refractivity contribution is 9.10. The van der Waals surface area contributed by atoms with Gasteiger partial charge in [-0.25, -0.2) is 18.4 Å². The first-order valence-corrected chi connectivity index (χ1v) is 13.7. The molecule has 0 radical (unpaired) electrons. The van der Waals surface area contributed by atoms with E-state index in [2.05, 4.69) is 48.3 Å². The van der Waals surface area contributed by atoms with Crippen molar-refractivity contribution >= 4 is 33.4 Å². The second-order valence-corrected chi connectivity index (χ2v) is 11.7. The Balaban J connectivity index is 1.29. The quantitative estimate of drug-likeness (QED) is 0.418. The third kappa shape index (κ3) is 4.89. The van der Waals surface area contributed by atoms with Gasteiger partial charge in [-0.15, -0.1) is 5.10 Å². The first kappa shape index (κ1) is 24.5. The van der Waals surface area contributed by atoms with E-state index in [1.54, 1.807) is 6.20 Å². The van der Waals surface area contributed by atoms with Crippen LogP contribution in [0.4, 0.5) is 26.2 Å². The molecule has 6 rings (SSSR count). The zero-order valence-electron chi connectivity index (χ0n) is 21.2. The molecule has 4 heterocycles. The molecular weight excluding hydrogens is 542 g/mol. The summed E-state index contributed by atoms with van der Waals surface area (Å²) in [4.78, 5) is 15.4. The number of piperidine rings is 2. The number of nitrogens with zero attached hydrogens (tertiary/aromatic N) is 8. The first-order valence-electron chi connectivity index (χ1n) is 12.9. The molecular formula is C26H31BrF2N8. The van der Waals surface area contributed by atoms with Gasteiger partial charge in [0.2, 0.25) is 5.95 Å². The smallest absolute Gasteiger partial charge is 0.251 e. The van der Waals surface area contributed by atoms with Crippen molar-refractivity contribution < 1.29 is 8.78 Å². The lowest BCUT2D eigenvalue weighted by Gasteiger charge is -2.35. The van der Waals surface area contributed by atoms with Gasteiger partial charge in [-0.05, 0) is 49.3 Å². The summed E-state index contributed by atoms with van der Waals surface area (Å²) in [5.41, 5.74) is 4.13. The van der Waals surface area contributed by atoms with Crippen molar-refractivity contribution in [3.63, 3.8) is 0 Å². The predicted octanol–water partition coefficient (Wildman–Crippen LogP) is 5.17. The van der Waals surface area contributed by atoms with Gasteiger partial charge < -0.3 is 14.7 Å². The molecule has 37 heavy (non-hydrogen) atoms. The van der Waals surface area contributed by atoms with E-state index < -0.39 is 5.92 Å². The van der Waals surface area contributed by atoms with Crippen molar-refractivity contribution in [1.29, 1.82) is 0 Å². The van der Waals surface area contributed by atoms with E-state index in [1.807, 2.05) is 40.8 Å². The van der Waals surface area contributed by atoms with Crippen LogP contribution in [0.2, 0.25) is 0 Å². The predicted molar refractivity (Wildman–Crippen MR) is 144 cm³/mol. The number of hydrogen-bond donors (Lipinski definition) is 0. The van der Waals surface area contributed by atoms with Gasteiger partial charge in [0.25, 0.3) is 5.92 Å². The normalized spacial score (nSPS) is 20.4. The topological polar surface area (TPSA) is 66.2 Å². The standard InChI is InChI=1S/C26H31BrF2N8/c1-34(2)23-19(16-30-24(31-23)36-13-9-26(28,29)10-14-36)20-17-37(33-32-20)21-4-3-18(27)15-22(21)35-11-7-25(5-6-25)8-12-35/h3-4,15-17H,5-14H2,1-2H3. The van der Waals surface area contributed by atoms with E-state index in [0.717, 1.165) is 34.5 Å². The number of aromatic nitrogens is 5.